The van der Waals surface area contributed by atoms with Crippen molar-refractivity contribution >= 4 is 29.3 Å². The summed E-state index contributed by atoms with van der Waals surface area (Å²) in [6.07, 6.45) is -8.12. The van der Waals surface area contributed by atoms with Gasteiger partial charge in [0.15, 0.2) is 0 Å². The van der Waals surface area contributed by atoms with Crippen LogP contribution in [0.2, 0.25) is 0 Å². The smallest absolute Gasteiger partial charge is 0.322 e. The molecule has 0 aliphatic rings. The van der Waals surface area contributed by atoms with E-state index in [1.54, 1.807) is 30.3 Å². The molecule has 0 fully saturated rings. The van der Waals surface area contributed by atoms with Gasteiger partial charge in [-0.25, -0.2) is 0 Å². The van der Waals surface area contributed by atoms with Crippen molar-refractivity contribution in [3.63, 3.8) is 0 Å². The van der Waals surface area contributed by atoms with E-state index in [0.717, 1.165) is 24.3 Å². The highest BCUT2D eigenvalue weighted by atomic mass is 19.4. The summed E-state index contributed by atoms with van der Waals surface area (Å²) in [5.41, 5.74) is -2.56. The molecule has 10 heteroatoms. The molecule has 0 aliphatic carbocycles. The molecule has 2 amide bonds. The molecule has 0 radical (unpaired) electrons. The molecule has 2 N–H and O–H groups in total. The second-order valence-electron chi connectivity index (χ2n) is 7.03. The largest absolute Gasteiger partial charge is 0.416 e. The fourth-order valence-electron chi connectivity index (χ4n) is 2.89. The average molecular weight is 478 g/mol. The van der Waals surface area contributed by atoms with Crippen molar-refractivity contribution in [1.29, 1.82) is 0 Å². The fraction of sp³-hybridized carbons (Fsp3) is 0.0833. The molecule has 0 atom stereocenters. The number of hydrogen-bond acceptors (Lipinski definition) is 2. The molecule has 0 unspecified atom stereocenters. The quantitative estimate of drug-likeness (QED) is 0.193. The van der Waals surface area contributed by atoms with Gasteiger partial charge in [-0.05, 0) is 48.0 Å². The number of anilines is 2. The summed E-state index contributed by atoms with van der Waals surface area (Å²) in [7, 11) is 0. The van der Waals surface area contributed by atoms with Crippen LogP contribution in [0.5, 0.6) is 0 Å². The second-order valence-corrected chi connectivity index (χ2v) is 7.03. The van der Waals surface area contributed by atoms with Crippen molar-refractivity contribution < 1.29 is 35.9 Å². The van der Waals surface area contributed by atoms with E-state index in [-0.39, 0.29) is 11.4 Å². The summed E-state index contributed by atoms with van der Waals surface area (Å²) in [5, 5.41) is 4.46. The Balaban J connectivity index is 1.91. The number of carbonyl (C=O) groups is 2. The van der Waals surface area contributed by atoms with Crippen LogP contribution >= 0.6 is 0 Å². The Morgan fingerprint density at radius 2 is 1.06 bits per heavy atom. The highest BCUT2D eigenvalue weighted by molar-refractivity contribution is 6.28. The van der Waals surface area contributed by atoms with Gasteiger partial charge >= 0.3 is 12.4 Å². The molecular formula is C24H16F6N2O2. The van der Waals surface area contributed by atoms with Gasteiger partial charge in [-0.15, -0.1) is 0 Å². The third-order valence-corrected chi connectivity index (χ3v) is 4.50. The van der Waals surface area contributed by atoms with Crippen LogP contribution in [0.25, 0.3) is 6.08 Å². The molecule has 4 nitrogen and oxygen atoms in total. The summed E-state index contributed by atoms with van der Waals surface area (Å²) in [6.45, 7) is 0. The highest BCUT2D eigenvalue weighted by Crippen LogP contribution is 2.32. The first kappa shape index (κ1) is 24.6. The summed E-state index contributed by atoms with van der Waals surface area (Å²) in [5.74, 6) is -2.10. The van der Waals surface area contributed by atoms with E-state index >= 15 is 0 Å². The van der Waals surface area contributed by atoms with Gasteiger partial charge in [0, 0.05) is 11.4 Å². The van der Waals surface area contributed by atoms with E-state index in [2.05, 4.69) is 10.6 Å². The van der Waals surface area contributed by atoms with Crippen molar-refractivity contribution in [3.05, 3.63) is 101 Å². The lowest BCUT2D eigenvalue weighted by Crippen LogP contribution is -2.25. The molecule has 3 aromatic rings. The molecule has 0 aromatic heterocycles. The number of hydrogen-bond donors (Lipinski definition) is 2. The van der Waals surface area contributed by atoms with Crippen molar-refractivity contribution in [3.8, 4) is 0 Å². The molecule has 0 aliphatic heterocycles. The number of halogens is 6. The second kappa shape index (κ2) is 9.82. The number of amides is 2. The van der Waals surface area contributed by atoms with E-state index in [1.165, 1.54) is 18.2 Å². The van der Waals surface area contributed by atoms with E-state index in [0.29, 0.717) is 17.7 Å². The molecular weight excluding hydrogens is 462 g/mol. The summed E-state index contributed by atoms with van der Waals surface area (Å²) in [4.78, 5) is 25.7. The van der Waals surface area contributed by atoms with Crippen molar-refractivity contribution in [2.45, 2.75) is 12.4 Å². The zero-order chi connectivity index (χ0) is 24.9. The maximum atomic E-state index is 13.0. The predicted octanol–water partition coefficient (Wildman–Crippen LogP) is 6.39. The van der Waals surface area contributed by atoms with Gasteiger partial charge in [0.2, 0.25) is 0 Å². The van der Waals surface area contributed by atoms with E-state index in [1.807, 2.05) is 0 Å². The first-order valence-electron chi connectivity index (χ1n) is 9.67. The van der Waals surface area contributed by atoms with Crippen LogP contribution in [-0.2, 0) is 21.9 Å². The summed E-state index contributed by atoms with van der Waals surface area (Å²) in [6, 6.07) is 15.7. The maximum absolute atomic E-state index is 13.0. The number of rotatable bonds is 5. The van der Waals surface area contributed by atoms with Gasteiger partial charge in [-0.1, -0.05) is 42.5 Å². The van der Waals surface area contributed by atoms with Gasteiger partial charge in [0.25, 0.3) is 11.8 Å². The van der Waals surface area contributed by atoms with Gasteiger partial charge < -0.3 is 10.6 Å². The van der Waals surface area contributed by atoms with Crippen LogP contribution in [0, 0.1) is 0 Å². The molecule has 0 saturated carbocycles. The zero-order valence-corrected chi connectivity index (χ0v) is 17.2. The molecule has 176 valence electrons. The predicted molar refractivity (Wildman–Crippen MR) is 115 cm³/mol. The molecule has 3 aromatic carbocycles. The molecule has 0 heterocycles. The SMILES string of the molecule is O=C(Nc1cccc(C(F)(F)F)c1)C(=Cc1ccccc1)C(=O)Nc1cccc(C(F)(F)F)c1. The molecule has 0 bridgehead atoms. The van der Waals surface area contributed by atoms with E-state index in [9.17, 15) is 35.9 Å². The van der Waals surface area contributed by atoms with Crippen LogP contribution in [0.3, 0.4) is 0 Å². The molecule has 0 saturated heterocycles. The third-order valence-electron chi connectivity index (χ3n) is 4.50. The Hall–Kier alpha value is -4.08. The van der Waals surface area contributed by atoms with Crippen molar-refractivity contribution in [1.82, 2.24) is 0 Å². The Labute approximate surface area is 189 Å². The van der Waals surface area contributed by atoms with Crippen molar-refractivity contribution in [2.24, 2.45) is 0 Å². The first-order valence-corrected chi connectivity index (χ1v) is 9.67. The van der Waals surface area contributed by atoms with Crippen LogP contribution < -0.4 is 10.6 Å². The van der Waals surface area contributed by atoms with Crippen molar-refractivity contribution in [2.75, 3.05) is 10.6 Å². The van der Waals surface area contributed by atoms with Gasteiger partial charge in [-0.2, -0.15) is 26.3 Å². The molecule has 0 spiro atoms. The lowest BCUT2D eigenvalue weighted by atomic mass is 10.1. The fourth-order valence-corrected chi connectivity index (χ4v) is 2.89. The van der Waals surface area contributed by atoms with Crippen LogP contribution in [0.15, 0.2) is 84.4 Å². The Morgan fingerprint density at radius 1 is 0.618 bits per heavy atom. The van der Waals surface area contributed by atoms with Crippen LogP contribution in [-0.4, -0.2) is 11.8 Å². The Bertz CT molecular complexity index is 1140. The minimum atomic E-state index is -4.65. The zero-order valence-electron chi connectivity index (χ0n) is 17.2. The topological polar surface area (TPSA) is 58.2 Å². The lowest BCUT2D eigenvalue weighted by Gasteiger charge is -2.13. The average Bonchev–Trinajstić information content (AvgIpc) is 2.77. The van der Waals surface area contributed by atoms with Gasteiger partial charge in [0.1, 0.15) is 5.57 Å². The normalized spacial score (nSPS) is 11.5. The minimum Gasteiger partial charge on any atom is -0.322 e. The Kier molecular flexibility index (Phi) is 7.09. The number of carbonyl (C=O) groups excluding carboxylic acids is 2. The van der Waals surface area contributed by atoms with Crippen LogP contribution in [0.4, 0.5) is 37.7 Å². The molecule has 34 heavy (non-hydrogen) atoms. The van der Waals surface area contributed by atoms with Gasteiger partial charge in [0.05, 0.1) is 11.1 Å². The van der Waals surface area contributed by atoms with E-state index < -0.39 is 40.9 Å². The van der Waals surface area contributed by atoms with E-state index in [4.69, 9.17) is 0 Å². The number of nitrogens with one attached hydrogen (secondary N) is 2. The third kappa shape index (κ3) is 6.47. The molecule has 3 rings (SSSR count). The summed E-state index contributed by atoms with van der Waals surface area (Å²) < 4.78 is 77.8. The van der Waals surface area contributed by atoms with Crippen LogP contribution in [0.1, 0.15) is 16.7 Å². The number of alkyl halides is 6. The Morgan fingerprint density at radius 3 is 1.47 bits per heavy atom. The lowest BCUT2D eigenvalue weighted by molar-refractivity contribution is -0.138. The first-order chi connectivity index (χ1) is 15.9. The summed E-state index contributed by atoms with van der Waals surface area (Å²) >= 11 is 0. The minimum absolute atomic E-state index is 0.217. The van der Waals surface area contributed by atoms with Gasteiger partial charge in [-0.3, -0.25) is 9.59 Å². The monoisotopic (exact) mass is 478 g/mol. The highest BCUT2D eigenvalue weighted by Gasteiger charge is 2.32. The number of benzene rings is 3. The standard InChI is InChI=1S/C24H16F6N2O2/c25-23(26,27)16-8-4-10-18(13-16)31-21(33)20(12-15-6-2-1-3-7-15)22(34)32-19-11-5-9-17(14-19)24(28,29)30/h1-14H,(H,31,33)(H,32,34). The maximum Gasteiger partial charge on any atom is 0.416 e.